The van der Waals surface area contributed by atoms with Crippen LogP contribution in [0.3, 0.4) is 0 Å². The maximum atomic E-state index is 5.98. The fourth-order valence-corrected chi connectivity index (χ4v) is 3.70. The number of hydrogen-bond acceptors (Lipinski definition) is 2. The van der Waals surface area contributed by atoms with Gasteiger partial charge in [0.2, 0.25) is 0 Å². The van der Waals surface area contributed by atoms with E-state index in [2.05, 4.69) is 10.6 Å². The SMILES string of the molecule is S=C(Nc1ccc(OC2CCCC2)cc1)NC1CCCCC1. The van der Waals surface area contributed by atoms with E-state index in [4.69, 9.17) is 17.0 Å². The van der Waals surface area contributed by atoms with Gasteiger partial charge in [-0.1, -0.05) is 19.3 Å². The standard InChI is InChI=1S/C18H26N2OS/c22-18(19-14-6-2-1-3-7-14)20-15-10-12-17(13-11-15)21-16-8-4-5-9-16/h10-14,16H,1-9H2,(H2,19,20,22). The zero-order chi connectivity index (χ0) is 15.2. The first-order valence-corrected chi connectivity index (χ1v) is 9.05. The van der Waals surface area contributed by atoms with Crippen LogP contribution in [0.15, 0.2) is 24.3 Å². The van der Waals surface area contributed by atoms with Gasteiger partial charge >= 0.3 is 0 Å². The van der Waals surface area contributed by atoms with Gasteiger partial charge in [0.25, 0.3) is 0 Å². The lowest BCUT2D eigenvalue weighted by atomic mass is 9.96. The van der Waals surface area contributed by atoms with Crippen molar-refractivity contribution in [2.45, 2.75) is 69.9 Å². The van der Waals surface area contributed by atoms with Crippen molar-refractivity contribution in [2.75, 3.05) is 5.32 Å². The van der Waals surface area contributed by atoms with Gasteiger partial charge in [0.05, 0.1) is 6.10 Å². The van der Waals surface area contributed by atoms with Crippen LogP contribution in [0, 0.1) is 0 Å². The van der Waals surface area contributed by atoms with E-state index in [-0.39, 0.29) is 0 Å². The van der Waals surface area contributed by atoms with Crippen LogP contribution in [0.1, 0.15) is 57.8 Å². The molecule has 0 atom stereocenters. The minimum atomic E-state index is 0.410. The van der Waals surface area contributed by atoms with Gasteiger partial charge in [0, 0.05) is 11.7 Å². The summed E-state index contributed by atoms with van der Waals surface area (Å²) in [5.74, 6) is 0.962. The van der Waals surface area contributed by atoms with Crippen LogP contribution in [-0.2, 0) is 0 Å². The van der Waals surface area contributed by atoms with E-state index >= 15 is 0 Å². The van der Waals surface area contributed by atoms with Crippen molar-refractivity contribution in [3.8, 4) is 5.75 Å². The van der Waals surface area contributed by atoms with Gasteiger partial charge in [-0.15, -0.1) is 0 Å². The van der Waals surface area contributed by atoms with Crippen LogP contribution >= 0.6 is 12.2 Å². The number of hydrogen-bond donors (Lipinski definition) is 2. The van der Waals surface area contributed by atoms with Crippen LogP contribution in [0.2, 0.25) is 0 Å². The molecular formula is C18H26N2OS. The molecule has 0 unspecified atom stereocenters. The largest absolute Gasteiger partial charge is 0.490 e. The topological polar surface area (TPSA) is 33.3 Å². The number of benzene rings is 1. The van der Waals surface area contributed by atoms with E-state index in [9.17, 15) is 0 Å². The average molecular weight is 318 g/mol. The van der Waals surface area contributed by atoms with E-state index in [0.717, 1.165) is 16.5 Å². The third-order valence-electron chi connectivity index (χ3n) is 4.66. The lowest BCUT2D eigenvalue weighted by Gasteiger charge is -2.24. The first kappa shape index (κ1) is 15.6. The number of anilines is 1. The highest BCUT2D eigenvalue weighted by Gasteiger charge is 2.16. The Labute approximate surface area is 138 Å². The molecule has 1 aromatic rings. The Morgan fingerprint density at radius 2 is 1.55 bits per heavy atom. The molecule has 2 saturated carbocycles. The Balaban J connectivity index is 1.46. The third-order valence-corrected chi connectivity index (χ3v) is 4.88. The number of nitrogens with one attached hydrogen (secondary N) is 2. The van der Waals surface area contributed by atoms with Gasteiger partial charge in [0.15, 0.2) is 5.11 Å². The molecule has 2 aliphatic carbocycles. The maximum absolute atomic E-state index is 5.98. The molecule has 22 heavy (non-hydrogen) atoms. The quantitative estimate of drug-likeness (QED) is 0.793. The summed E-state index contributed by atoms with van der Waals surface area (Å²) in [7, 11) is 0. The Bertz CT molecular complexity index is 476. The highest BCUT2D eigenvalue weighted by Crippen LogP contribution is 2.25. The van der Waals surface area contributed by atoms with Crippen molar-refractivity contribution in [1.29, 1.82) is 0 Å². The summed E-state index contributed by atoms with van der Waals surface area (Å²) >= 11 is 5.41. The Morgan fingerprint density at radius 1 is 0.909 bits per heavy atom. The Morgan fingerprint density at radius 3 is 2.23 bits per heavy atom. The van der Waals surface area contributed by atoms with Crippen molar-refractivity contribution in [2.24, 2.45) is 0 Å². The molecule has 0 saturated heterocycles. The maximum Gasteiger partial charge on any atom is 0.170 e. The summed E-state index contributed by atoms with van der Waals surface area (Å²) in [6, 6.07) is 8.69. The predicted molar refractivity (Wildman–Crippen MR) is 95.6 cm³/mol. The van der Waals surface area contributed by atoms with Gasteiger partial charge in [-0.05, 0) is 75.0 Å². The molecule has 2 fully saturated rings. The number of rotatable bonds is 4. The first-order valence-electron chi connectivity index (χ1n) is 8.64. The molecule has 0 bridgehead atoms. The molecular weight excluding hydrogens is 292 g/mol. The van der Waals surface area contributed by atoms with Crippen LogP contribution in [0.5, 0.6) is 5.75 Å². The van der Waals surface area contributed by atoms with Crippen LogP contribution in [-0.4, -0.2) is 17.3 Å². The summed E-state index contributed by atoms with van der Waals surface area (Å²) in [5.41, 5.74) is 1.02. The van der Waals surface area contributed by atoms with Gasteiger partial charge in [0.1, 0.15) is 5.75 Å². The van der Waals surface area contributed by atoms with E-state index in [1.165, 1.54) is 57.8 Å². The second-order valence-corrected chi connectivity index (χ2v) is 6.89. The van der Waals surface area contributed by atoms with E-state index in [0.29, 0.717) is 12.1 Å². The smallest absolute Gasteiger partial charge is 0.170 e. The molecule has 0 aromatic heterocycles. The van der Waals surface area contributed by atoms with E-state index in [1.807, 2.05) is 24.3 Å². The summed E-state index contributed by atoms with van der Waals surface area (Å²) in [5, 5.41) is 7.44. The van der Waals surface area contributed by atoms with E-state index < -0.39 is 0 Å². The molecule has 0 aliphatic heterocycles. The zero-order valence-electron chi connectivity index (χ0n) is 13.1. The van der Waals surface area contributed by atoms with Crippen molar-refractivity contribution >= 4 is 23.0 Å². The summed E-state index contributed by atoms with van der Waals surface area (Å²) in [4.78, 5) is 0. The predicted octanol–water partition coefficient (Wildman–Crippen LogP) is 4.63. The second-order valence-electron chi connectivity index (χ2n) is 6.48. The zero-order valence-corrected chi connectivity index (χ0v) is 14.0. The van der Waals surface area contributed by atoms with Gasteiger partial charge in [-0.2, -0.15) is 0 Å². The van der Waals surface area contributed by atoms with Gasteiger partial charge in [-0.3, -0.25) is 0 Å². The molecule has 2 aliphatic rings. The molecule has 1 aromatic carbocycles. The first-order chi connectivity index (χ1) is 10.8. The average Bonchev–Trinajstić information content (AvgIpc) is 3.03. The third kappa shape index (κ3) is 4.60. The fraction of sp³-hybridized carbons (Fsp3) is 0.611. The molecule has 3 rings (SSSR count). The van der Waals surface area contributed by atoms with Crippen molar-refractivity contribution < 1.29 is 4.74 Å². The molecule has 0 amide bonds. The van der Waals surface area contributed by atoms with Crippen LogP contribution in [0.4, 0.5) is 5.69 Å². The molecule has 0 spiro atoms. The summed E-state index contributed by atoms with van der Waals surface area (Å²) in [6.45, 7) is 0. The minimum Gasteiger partial charge on any atom is -0.490 e. The molecule has 0 heterocycles. The van der Waals surface area contributed by atoms with Crippen molar-refractivity contribution in [3.05, 3.63) is 24.3 Å². The minimum absolute atomic E-state index is 0.410. The molecule has 2 N–H and O–H groups in total. The Hall–Kier alpha value is -1.29. The Kier molecular flexibility index (Phi) is 5.54. The summed E-state index contributed by atoms with van der Waals surface area (Å²) in [6.07, 6.45) is 11.8. The summed E-state index contributed by atoms with van der Waals surface area (Å²) < 4.78 is 5.98. The second kappa shape index (κ2) is 7.82. The fourth-order valence-electron chi connectivity index (χ4n) is 3.41. The lowest BCUT2D eigenvalue weighted by molar-refractivity contribution is 0.210. The lowest BCUT2D eigenvalue weighted by Crippen LogP contribution is -2.38. The van der Waals surface area contributed by atoms with Gasteiger partial charge < -0.3 is 15.4 Å². The van der Waals surface area contributed by atoms with E-state index in [1.54, 1.807) is 0 Å². The molecule has 4 heteroatoms. The van der Waals surface area contributed by atoms with Crippen molar-refractivity contribution in [3.63, 3.8) is 0 Å². The molecule has 0 radical (unpaired) electrons. The molecule has 3 nitrogen and oxygen atoms in total. The molecule has 120 valence electrons. The number of thiocarbonyl (C=S) groups is 1. The number of ether oxygens (including phenoxy) is 1. The monoisotopic (exact) mass is 318 g/mol. The van der Waals surface area contributed by atoms with Gasteiger partial charge in [-0.25, -0.2) is 0 Å². The highest BCUT2D eigenvalue weighted by atomic mass is 32.1. The van der Waals surface area contributed by atoms with Crippen LogP contribution in [0.25, 0.3) is 0 Å². The van der Waals surface area contributed by atoms with Crippen molar-refractivity contribution in [1.82, 2.24) is 5.32 Å². The highest BCUT2D eigenvalue weighted by molar-refractivity contribution is 7.80. The normalized spacial score (nSPS) is 19.8. The van der Waals surface area contributed by atoms with Crippen LogP contribution < -0.4 is 15.4 Å².